The molecule has 5 heteroatoms. The fraction of sp³-hybridized carbons (Fsp3) is 0.357. The van der Waals surface area contributed by atoms with Crippen molar-refractivity contribution in [3.63, 3.8) is 0 Å². The molecule has 0 saturated heterocycles. The lowest BCUT2D eigenvalue weighted by Gasteiger charge is -2.12. The summed E-state index contributed by atoms with van der Waals surface area (Å²) in [5, 5.41) is 13.6. The third kappa shape index (κ3) is 3.04. The summed E-state index contributed by atoms with van der Waals surface area (Å²) >= 11 is 3.53. The predicted octanol–water partition coefficient (Wildman–Crippen LogP) is 3.39. The van der Waals surface area contributed by atoms with E-state index in [4.69, 9.17) is 5.11 Å². The summed E-state index contributed by atoms with van der Waals surface area (Å²) in [5.74, 6) is -0.142. The normalized spacial score (nSPS) is 12.7. The quantitative estimate of drug-likeness (QED) is 0.935. The summed E-state index contributed by atoms with van der Waals surface area (Å²) in [6.07, 6.45) is 0. The van der Waals surface area contributed by atoms with Crippen molar-refractivity contribution in [1.29, 1.82) is 0 Å². The summed E-state index contributed by atoms with van der Waals surface area (Å²) in [5.41, 5.74) is 2.70. The first-order chi connectivity index (χ1) is 9.02. The van der Waals surface area contributed by atoms with E-state index in [0.717, 1.165) is 21.4 Å². The van der Waals surface area contributed by atoms with Gasteiger partial charge in [-0.25, -0.2) is 4.39 Å². The van der Waals surface area contributed by atoms with Crippen LogP contribution in [0.2, 0.25) is 0 Å². The average Bonchev–Trinajstić information content (AvgIpc) is 2.66. The van der Waals surface area contributed by atoms with Gasteiger partial charge in [-0.15, -0.1) is 0 Å². The van der Waals surface area contributed by atoms with Gasteiger partial charge in [-0.3, -0.25) is 4.68 Å². The lowest BCUT2D eigenvalue weighted by atomic mass is 10.1. The van der Waals surface area contributed by atoms with Gasteiger partial charge < -0.3 is 5.11 Å². The van der Waals surface area contributed by atoms with Crippen LogP contribution in [0, 0.1) is 18.7 Å². The molecule has 1 atom stereocenters. The molecule has 1 aromatic heterocycles. The molecule has 0 amide bonds. The smallest absolute Gasteiger partial charge is 0.123 e. The van der Waals surface area contributed by atoms with Crippen LogP contribution in [0.1, 0.15) is 12.6 Å². The molecular formula is C14H16BrFN2O. The van der Waals surface area contributed by atoms with E-state index in [1.807, 2.05) is 18.5 Å². The van der Waals surface area contributed by atoms with Gasteiger partial charge in [0.25, 0.3) is 0 Å². The molecule has 19 heavy (non-hydrogen) atoms. The molecule has 1 N–H and O–H groups in total. The Morgan fingerprint density at radius 3 is 2.58 bits per heavy atom. The number of aromatic nitrogens is 2. The molecule has 1 heterocycles. The molecule has 0 saturated carbocycles. The minimum absolute atomic E-state index is 0.111. The van der Waals surface area contributed by atoms with E-state index in [0.29, 0.717) is 6.54 Å². The largest absolute Gasteiger partial charge is 0.396 e. The summed E-state index contributed by atoms with van der Waals surface area (Å²) in [4.78, 5) is 0. The van der Waals surface area contributed by atoms with E-state index in [9.17, 15) is 4.39 Å². The Bertz CT molecular complexity index is 566. The van der Waals surface area contributed by atoms with E-state index in [1.165, 1.54) is 12.1 Å². The highest BCUT2D eigenvalue weighted by Gasteiger charge is 2.16. The van der Waals surface area contributed by atoms with E-state index in [2.05, 4.69) is 21.0 Å². The first-order valence-electron chi connectivity index (χ1n) is 6.12. The van der Waals surface area contributed by atoms with Crippen LogP contribution in [0.15, 0.2) is 28.7 Å². The van der Waals surface area contributed by atoms with Gasteiger partial charge in [0.2, 0.25) is 0 Å². The Labute approximate surface area is 120 Å². The number of hydrogen-bond acceptors (Lipinski definition) is 2. The maximum atomic E-state index is 13.0. The SMILES string of the molecule is Cc1nn(CC(C)CO)c(-c2ccc(F)cc2)c1Br. The minimum atomic E-state index is -0.258. The number of halogens is 2. The van der Waals surface area contributed by atoms with Crippen molar-refractivity contribution in [2.45, 2.75) is 20.4 Å². The van der Waals surface area contributed by atoms with E-state index < -0.39 is 0 Å². The van der Waals surface area contributed by atoms with Crippen LogP contribution in [0.25, 0.3) is 11.3 Å². The minimum Gasteiger partial charge on any atom is -0.396 e. The Kier molecular flexibility index (Phi) is 4.37. The van der Waals surface area contributed by atoms with Gasteiger partial charge in [0.1, 0.15) is 5.82 Å². The van der Waals surface area contributed by atoms with Crippen LogP contribution in [-0.2, 0) is 6.54 Å². The number of rotatable bonds is 4. The van der Waals surface area contributed by atoms with Crippen LogP contribution >= 0.6 is 15.9 Å². The van der Waals surface area contributed by atoms with Crippen molar-refractivity contribution >= 4 is 15.9 Å². The van der Waals surface area contributed by atoms with Crippen molar-refractivity contribution in [2.75, 3.05) is 6.61 Å². The van der Waals surface area contributed by atoms with Crippen molar-refractivity contribution < 1.29 is 9.50 Å². The van der Waals surface area contributed by atoms with Crippen molar-refractivity contribution in [1.82, 2.24) is 9.78 Å². The molecule has 102 valence electrons. The number of benzene rings is 1. The van der Waals surface area contributed by atoms with Crippen LogP contribution in [0.4, 0.5) is 4.39 Å². The number of aliphatic hydroxyl groups is 1. The Balaban J connectivity index is 2.45. The number of aryl methyl sites for hydroxylation is 1. The van der Waals surface area contributed by atoms with E-state index >= 15 is 0 Å². The highest BCUT2D eigenvalue weighted by molar-refractivity contribution is 9.10. The van der Waals surface area contributed by atoms with Gasteiger partial charge in [0.05, 0.1) is 15.9 Å². The molecule has 1 aromatic carbocycles. The zero-order valence-corrected chi connectivity index (χ0v) is 12.5. The molecule has 0 aliphatic rings. The Morgan fingerprint density at radius 2 is 2.00 bits per heavy atom. The maximum Gasteiger partial charge on any atom is 0.123 e. The van der Waals surface area contributed by atoms with Crippen molar-refractivity contribution in [2.24, 2.45) is 5.92 Å². The van der Waals surface area contributed by atoms with Gasteiger partial charge in [0.15, 0.2) is 0 Å². The molecule has 3 nitrogen and oxygen atoms in total. The second-order valence-electron chi connectivity index (χ2n) is 4.72. The van der Waals surface area contributed by atoms with Crippen molar-refractivity contribution in [3.05, 3.63) is 40.2 Å². The maximum absolute atomic E-state index is 13.0. The monoisotopic (exact) mass is 326 g/mol. The van der Waals surface area contributed by atoms with Crippen molar-refractivity contribution in [3.8, 4) is 11.3 Å². The van der Waals surface area contributed by atoms with Crippen LogP contribution in [-0.4, -0.2) is 21.5 Å². The zero-order valence-electron chi connectivity index (χ0n) is 10.9. The molecule has 2 rings (SSSR count). The fourth-order valence-corrected chi connectivity index (χ4v) is 2.44. The summed E-state index contributed by atoms with van der Waals surface area (Å²) in [6, 6.07) is 6.33. The zero-order chi connectivity index (χ0) is 14.0. The van der Waals surface area contributed by atoms with Gasteiger partial charge in [-0.2, -0.15) is 5.10 Å². The molecule has 2 aromatic rings. The molecule has 0 radical (unpaired) electrons. The molecule has 0 aliphatic carbocycles. The standard InChI is InChI=1S/C14H16BrFN2O/c1-9(8-19)7-18-14(13(15)10(2)17-18)11-3-5-12(16)6-4-11/h3-6,9,19H,7-8H2,1-2H3. The predicted molar refractivity (Wildman–Crippen MR) is 76.3 cm³/mol. The third-order valence-corrected chi connectivity index (χ3v) is 3.92. The first kappa shape index (κ1) is 14.2. The third-order valence-electron chi connectivity index (χ3n) is 2.97. The van der Waals surface area contributed by atoms with Crippen LogP contribution in [0.3, 0.4) is 0 Å². The van der Waals surface area contributed by atoms with Gasteiger partial charge in [-0.1, -0.05) is 6.92 Å². The molecule has 0 aliphatic heterocycles. The number of nitrogens with zero attached hydrogens (tertiary/aromatic N) is 2. The summed E-state index contributed by atoms with van der Waals surface area (Å²) in [7, 11) is 0. The van der Waals surface area contributed by atoms with Crippen LogP contribution < -0.4 is 0 Å². The lowest BCUT2D eigenvalue weighted by Crippen LogP contribution is -2.13. The fourth-order valence-electron chi connectivity index (χ4n) is 1.93. The summed E-state index contributed by atoms with van der Waals surface area (Å²) < 4.78 is 15.8. The topological polar surface area (TPSA) is 38.0 Å². The highest BCUT2D eigenvalue weighted by Crippen LogP contribution is 2.31. The number of aliphatic hydroxyl groups excluding tert-OH is 1. The second kappa shape index (κ2) is 5.84. The van der Waals surface area contributed by atoms with Crippen LogP contribution in [0.5, 0.6) is 0 Å². The van der Waals surface area contributed by atoms with Gasteiger partial charge in [0, 0.05) is 18.7 Å². The molecule has 1 unspecified atom stereocenters. The van der Waals surface area contributed by atoms with E-state index in [1.54, 1.807) is 12.1 Å². The molecule has 0 fully saturated rings. The lowest BCUT2D eigenvalue weighted by molar-refractivity contribution is 0.219. The Hall–Kier alpha value is -1.20. The van der Waals surface area contributed by atoms with Gasteiger partial charge in [-0.05, 0) is 53.0 Å². The first-order valence-corrected chi connectivity index (χ1v) is 6.92. The summed E-state index contributed by atoms with van der Waals surface area (Å²) in [6.45, 7) is 4.60. The Morgan fingerprint density at radius 1 is 1.37 bits per heavy atom. The second-order valence-corrected chi connectivity index (χ2v) is 5.52. The van der Waals surface area contributed by atoms with E-state index in [-0.39, 0.29) is 18.3 Å². The molecular weight excluding hydrogens is 311 g/mol. The number of hydrogen-bond donors (Lipinski definition) is 1. The molecule has 0 spiro atoms. The average molecular weight is 327 g/mol. The molecule has 0 bridgehead atoms. The van der Waals surface area contributed by atoms with Gasteiger partial charge >= 0.3 is 0 Å². The highest BCUT2D eigenvalue weighted by atomic mass is 79.9.